The molecule has 1 aromatic carbocycles. The number of aliphatic carboxylic acids is 1. The number of hydrogen-bond acceptors (Lipinski definition) is 3. The molecular formula is C15H13Br2NO3. The van der Waals surface area contributed by atoms with Crippen molar-refractivity contribution in [1.82, 2.24) is 4.98 Å². The second-order valence-corrected chi connectivity index (χ2v) is 6.23. The van der Waals surface area contributed by atoms with E-state index in [9.17, 15) is 9.90 Å². The van der Waals surface area contributed by atoms with Crippen molar-refractivity contribution in [3.63, 3.8) is 0 Å². The first kappa shape index (κ1) is 16.0. The van der Waals surface area contributed by atoms with E-state index in [2.05, 4.69) is 36.8 Å². The van der Waals surface area contributed by atoms with Gasteiger partial charge in [0.1, 0.15) is 11.7 Å². The molecule has 0 fully saturated rings. The molecular weight excluding hydrogens is 402 g/mol. The molecule has 0 aliphatic carbocycles. The summed E-state index contributed by atoms with van der Waals surface area (Å²) in [5, 5.41) is 9.49. The Morgan fingerprint density at radius 2 is 2.00 bits per heavy atom. The lowest BCUT2D eigenvalue weighted by atomic mass is 9.96. The fourth-order valence-corrected chi connectivity index (χ4v) is 3.24. The molecule has 2 aromatic rings. The Bertz CT molecular complexity index is 644. The van der Waals surface area contributed by atoms with Crippen LogP contribution in [0.5, 0.6) is 5.75 Å². The summed E-state index contributed by atoms with van der Waals surface area (Å²) in [6, 6.07) is 9.16. The van der Waals surface area contributed by atoms with Crippen molar-refractivity contribution in [3.8, 4) is 5.75 Å². The third-order valence-corrected chi connectivity index (χ3v) is 4.13. The number of rotatable bonds is 5. The van der Waals surface area contributed by atoms with Gasteiger partial charge in [-0.05, 0) is 62.0 Å². The molecule has 4 nitrogen and oxygen atoms in total. The number of carboxylic acids is 1. The summed E-state index contributed by atoms with van der Waals surface area (Å²) in [7, 11) is 1.60. The van der Waals surface area contributed by atoms with Crippen LogP contribution in [0.25, 0.3) is 0 Å². The maximum absolute atomic E-state index is 11.6. The van der Waals surface area contributed by atoms with Crippen LogP contribution in [0.3, 0.4) is 0 Å². The molecule has 0 aliphatic rings. The van der Waals surface area contributed by atoms with E-state index in [1.54, 1.807) is 19.4 Å². The Morgan fingerprint density at radius 1 is 1.33 bits per heavy atom. The van der Waals surface area contributed by atoms with Crippen molar-refractivity contribution in [2.75, 3.05) is 7.11 Å². The molecule has 1 unspecified atom stereocenters. The second-order valence-electron chi connectivity index (χ2n) is 4.46. The quantitative estimate of drug-likeness (QED) is 0.802. The largest absolute Gasteiger partial charge is 0.497 e. The van der Waals surface area contributed by atoms with Crippen molar-refractivity contribution in [2.45, 2.75) is 12.3 Å². The average molecular weight is 415 g/mol. The van der Waals surface area contributed by atoms with E-state index in [0.717, 1.165) is 15.8 Å². The first-order valence-electron chi connectivity index (χ1n) is 6.18. The van der Waals surface area contributed by atoms with E-state index in [-0.39, 0.29) is 0 Å². The predicted octanol–water partition coefficient (Wildman–Crippen LogP) is 4.03. The summed E-state index contributed by atoms with van der Waals surface area (Å²) < 4.78 is 6.57. The van der Waals surface area contributed by atoms with Crippen LogP contribution in [-0.2, 0) is 11.2 Å². The molecule has 1 heterocycles. The predicted molar refractivity (Wildman–Crippen MR) is 86.7 cm³/mol. The topological polar surface area (TPSA) is 59.4 Å². The molecule has 0 spiro atoms. The van der Waals surface area contributed by atoms with Crippen molar-refractivity contribution >= 4 is 37.8 Å². The highest BCUT2D eigenvalue weighted by Gasteiger charge is 2.24. The zero-order valence-corrected chi connectivity index (χ0v) is 14.4. The number of hydrogen-bond donors (Lipinski definition) is 1. The van der Waals surface area contributed by atoms with Crippen LogP contribution >= 0.6 is 31.9 Å². The van der Waals surface area contributed by atoms with Gasteiger partial charge in [-0.15, -0.1) is 0 Å². The number of methoxy groups -OCH3 is 1. The zero-order chi connectivity index (χ0) is 15.4. The monoisotopic (exact) mass is 413 g/mol. The van der Waals surface area contributed by atoms with E-state index in [1.807, 2.05) is 24.3 Å². The minimum atomic E-state index is -0.902. The number of halogens is 2. The molecule has 0 saturated carbocycles. The third-order valence-electron chi connectivity index (χ3n) is 3.06. The molecule has 2 rings (SSSR count). The maximum atomic E-state index is 11.6. The van der Waals surface area contributed by atoms with E-state index in [1.165, 1.54) is 0 Å². The Labute approximate surface area is 139 Å². The van der Waals surface area contributed by atoms with Crippen LogP contribution in [0.1, 0.15) is 17.2 Å². The number of nitrogens with zero attached hydrogens (tertiary/aromatic N) is 1. The molecule has 21 heavy (non-hydrogen) atoms. The van der Waals surface area contributed by atoms with E-state index < -0.39 is 11.9 Å². The summed E-state index contributed by atoms with van der Waals surface area (Å²) in [4.78, 5) is 15.8. The Kier molecular flexibility index (Phi) is 5.36. The number of pyridine rings is 1. The standard InChI is InChI=1S/C15H13Br2NO3/c1-21-11-4-2-9(3-5-11)6-12(15(19)20)14-13(17)7-10(16)8-18-14/h2-5,7-8,12H,6H2,1H3,(H,19,20). The zero-order valence-electron chi connectivity index (χ0n) is 11.2. The maximum Gasteiger partial charge on any atom is 0.312 e. The molecule has 0 amide bonds. The lowest BCUT2D eigenvalue weighted by molar-refractivity contribution is -0.138. The third kappa shape index (κ3) is 4.04. The lowest BCUT2D eigenvalue weighted by Gasteiger charge is -2.14. The minimum Gasteiger partial charge on any atom is -0.497 e. The van der Waals surface area contributed by atoms with Crippen molar-refractivity contribution in [3.05, 3.63) is 56.7 Å². The number of carbonyl (C=O) groups is 1. The molecule has 0 aliphatic heterocycles. The van der Waals surface area contributed by atoms with Gasteiger partial charge in [0, 0.05) is 15.1 Å². The van der Waals surface area contributed by atoms with Crippen LogP contribution in [-0.4, -0.2) is 23.2 Å². The number of benzene rings is 1. The van der Waals surface area contributed by atoms with E-state index in [0.29, 0.717) is 16.6 Å². The Balaban J connectivity index is 2.28. The van der Waals surface area contributed by atoms with Gasteiger partial charge in [-0.2, -0.15) is 0 Å². The van der Waals surface area contributed by atoms with Gasteiger partial charge in [0.2, 0.25) is 0 Å². The Hall–Kier alpha value is -1.40. The van der Waals surface area contributed by atoms with Crippen LogP contribution in [0, 0.1) is 0 Å². The SMILES string of the molecule is COc1ccc(CC(C(=O)O)c2ncc(Br)cc2Br)cc1. The van der Waals surface area contributed by atoms with E-state index >= 15 is 0 Å². The van der Waals surface area contributed by atoms with Gasteiger partial charge in [0.15, 0.2) is 0 Å². The fourth-order valence-electron chi connectivity index (χ4n) is 1.98. The van der Waals surface area contributed by atoms with E-state index in [4.69, 9.17) is 4.74 Å². The molecule has 0 radical (unpaired) electrons. The summed E-state index contributed by atoms with van der Waals surface area (Å²) in [5.74, 6) is -0.865. The molecule has 0 saturated heterocycles. The summed E-state index contributed by atoms with van der Waals surface area (Å²) >= 11 is 6.69. The fraction of sp³-hybridized carbons (Fsp3) is 0.200. The van der Waals surface area contributed by atoms with Gasteiger partial charge in [0.05, 0.1) is 12.8 Å². The van der Waals surface area contributed by atoms with Crippen LogP contribution in [0.2, 0.25) is 0 Å². The van der Waals surface area contributed by atoms with Gasteiger partial charge >= 0.3 is 5.97 Å². The van der Waals surface area contributed by atoms with Crippen LogP contribution in [0.15, 0.2) is 45.5 Å². The molecule has 6 heteroatoms. The minimum absolute atomic E-state index is 0.368. The molecule has 1 atom stereocenters. The van der Waals surface area contributed by atoms with Crippen LogP contribution < -0.4 is 4.74 Å². The molecule has 110 valence electrons. The summed E-state index contributed by atoms with van der Waals surface area (Å²) in [6.45, 7) is 0. The Morgan fingerprint density at radius 3 is 2.52 bits per heavy atom. The van der Waals surface area contributed by atoms with Gasteiger partial charge in [-0.25, -0.2) is 0 Å². The highest BCUT2D eigenvalue weighted by molar-refractivity contribution is 9.11. The summed E-state index contributed by atoms with van der Waals surface area (Å²) in [6.07, 6.45) is 1.97. The molecule has 0 bridgehead atoms. The van der Waals surface area contributed by atoms with Crippen molar-refractivity contribution in [1.29, 1.82) is 0 Å². The first-order valence-corrected chi connectivity index (χ1v) is 7.76. The van der Waals surface area contributed by atoms with Gasteiger partial charge in [0.25, 0.3) is 0 Å². The lowest BCUT2D eigenvalue weighted by Crippen LogP contribution is -2.16. The van der Waals surface area contributed by atoms with Gasteiger partial charge in [-0.3, -0.25) is 9.78 Å². The highest BCUT2D eigenvalue weighted by Crippen LogP contribution is 2.29. The smallest absolute Gasteiger partial charge is 0.312 e. The highest BCUT2D eigenvalue weighted by atomic mass is 79.9. The van der Waals surface area contributed by atoms with Crippen molar-refractivity contribution < 1.29 is 14.6 Å². The average Bonchev–Trinajstić information content (AvgIpc) is 2.46. The molecule has 1 N–H and O–H groups in total. The van der Waals surface area contributed by atoms with Crippen molar-refractivity contribution in [2.24, 2.45) is 0 Å². The first-order chi connectivity index (χ1) is 10.0. The normalized spacial score (nSPS) is 12.0. The molecule has 1 aromatic heterocycles. The number of aromatic nitrogens is 1. The number of carboxylic acid groups (broad SMARTS) is 1. The summed E-state index contributed by atoms with van der Waals surface area (Å²) in [5.41, 5.74) is 1.43. The van der Waals surface area contributed by atoms with Crippen LogP contribution in [0.4, 0.5) is 0 Å². The van der Waals surface area contributed by atoms with Gasteiger partial charge in [-0.1, -0.05) is 12.1 Å². The van der Waals surface area contributed by atoms with Gasteiger partial charge < -0.3 is 9.84 Å². The number of ether oxygens (including phenoxy) is 1. The second kappa shape index (κ2) is 7.04.